The summed E-state index contributed by atoms with van der Waals surface area (Å²) in [6.45, 7) is 1.50. The molecule has 0 fully saturated rings. The fourth-order valence-corrected chi connectivity index (χ4v) is 1.90. The van der Waals surface area contributed by atoms with Crippen LogP contribution in [0.3, 0.4) is 0 Å². The van der Waals surface area contributed by atoms with E-state index in [1.54, 1.807) is 6.20 Å². The molecule has 0 saturated heterocycles. The molecule has 0 saturated carbocycles. The number of hydrogen-bond donors (Lipinski definition) is 3. The number of aliphatic carboxylic acids is 2. The van der Waals surface area contributed by atoms with Gasteiger partial charge in [-0.2, -0.15) is 5.10 Å². The molecule has 0 aliphatic heterocycles. The Morgan fingerprint density at radius 2 is 1.80 bits per heavy atom. The lowest BCUT2D eigenvalue weighted by Crippen LogP contribution is -2.18. The molecule has 0 amide bonds. The van der Waals surface area contributed by atoms with Crippen molar-refractivity contribution in [2.24, 2.45) is 7.05 Å². The van der Waals surface area contributed by atoms with Crippen LogP contribution in [0, 0.1) is 0 Å². The summed E-state index contributed by atoms with van der Waals surface area (Å²) in [5.41, 5.74) is 2.22. The maximum atomic E-state index is 9.10. The number of nitrogens with one attached hydrogen (secondary N) is 1. The van der Waals surface area contributed by atoms with Crippen LogP contribution in [0.2, 0.25) is 0 Å². The number of aryl methyl sites for hydroxylation is 1. The van der Waals surface area contributed by atoms with E-state index >= 15 is 0 Å². The minimum atomic E-state index is -1.82. The second-order valence-corrected chi connectivity index (χ2v) is 4.76. The summed E-state index contributed by atoms with van der Waals surface area (Å²) in [4.78, 5) is 18.2. The molecule has 2 aromatic rings. The van der Waals surface area contributed by atoms with E-state index in [4.69, 9.17) is 24.5 Å². The number of rotatable bonds is 6. The standard InChI is InChI=1S/C14H19N3O.C2H2O4.CH4/c1-15-10-11-18-14(12-6-4-3-5-7-12)13-8-9-16-17(13)2;3-1(4)2(5)6;/h3-9,14-15H,10-11H2,1-2H3;(H,3,4)(H,5,6);1H4/t14-;;/m1../s1. The lowest BCUT2D eigenvalue weighted by Gasteiger charge is -2.18. The first-order valence-electron chi connectivity index (χ1n) is 7.22. The van der Waals surface area contributed by atoms with Crippen molar-refractivity contribution < 1.29 is 24.5 Å². The zero-order chi connectivity index (χ0) is 17.9. The Morgan fingerprint density at radius 1 is 1.20 bits per heavy atom. The fraction of sp³-hybridized carbons (Fsp3) is 0.353. The van der Waals surface area contributed by atoms with Crippen molar-refractivity contribution >= 4 is 11.9 Å². The highest BCUT2D eigenvalue weighted by atomic mass is 16.5. The summed E-state index contributed by atoms with van der Waals surface area (Å²) in [6.07, 6.45) is 1.74. The second-order valence-electron chi connectivity index (χ2n) is 4.76. The summed E-state index contributed by atoms with van der Waals surface area (Å²) in [7, 11) is 3.86. The summed E-state index contributed by atoms with van der Waals surface area (Å²) in [5.74, 6) is -3.65. The third kappa shape index (κ3) is 7.60. The average molecular weight is 351 g/mol. The molecule has 1 heterocycles. The second kappa shape index (κ2) is 11.8. The van der Waals surface area contributed by atoms with Gasteiger partial charge in [0.2, 0.25) is 0 Å². The number of ether oxygens (including phenoxy) is 1. The zero-order valence-electron chi connectivity index (χ0n) is 13.5. The smallest absolute Gasteiger partial charge is 0.414 e. The van der Waals surface area contributed by atoms with Crippen LogP contribution in [0.25, 0.3) is 0 Å². The van der Waals surface area contributed by atoms with Gasteiger partial charge in [0.15, 0.2) is 0 Å². The summed E-state index contributed by atoms with van der Waals surface area (Å²) in [5, 5.41) is 22.1. The molecule has 0 radical (unpaired) electrons. The van der Waals surface area contributed by atoms with Crippen LogP contribution in [-0.2, 0) is 21.4 Å². The van der Waals surface area contributed by atoms with Gasteiger partial charge in [-0.1, -0.05) is 37.8 Å². The Kier molecular flexibility index (Phi) is 10.5. The van der Waals surface area contributed by atoms with Crippen LogP contribution < -0.4 is 5.32 Å². The SMILES string of the molecule is C.CNCCO[C@H](c1ccccc1)c1ccnn1C.O=C(O)C(=O)O. The first kappa shape index (κ1) is 22.3. The van der Waals surface area contributed by atoms with Crippen molar-refractivity contribution in [3.63, 3.8) is 0 Å². The maximum absolute atomic E-state index is 9.10. The molecule has 2 rings (SSSR count). The highest BCUT2D eigenvalue weighted by molar-refractivity contribution is 6.27. The Morgan fingerprint density at radius 3 is 2.24 bits per heavy atom. The Hall–Kier alpha value is -2.71. The van der Waals surface area contributed by atoms with Crippen LogP contribution in [0.5, 0.6) is 0 Å². The molecule has 0 aliphatic carbocycles. The van der Waals surface area contributed by atoms with E-state index in [0.29, 0.717) is 6.61 Å². The number of carbonyl (C=O) groups is 2. The maximum Gasteiger partial charge on any atom is 0.414 e. The molecule has 8 heteroatoms. The van der Waals surface area contributed by atoms with Crippen molar-refractivity contribution in [2.45, 2.75) is 13.5 Å². The summed E-state index contributed by atoms with van der Waals surface area (Å²) in [6, 6.07) is 12.2. The number of hydrogen-bond acceptors (Lipinski definition) is 5. The van der Waals surface area contributed by atoms with Gasteiger partial charge in [-0.15, -0.1) is 0 Å². The Balaban J connectivity index is 0.000000715. The van der Waals surface area contributed by atoms with Crippen molar-refractivity contribution in [2.75, 3.05) is 20.2 Å². The largest absolute Gasteiger partial charge is 0.473 e. The molecule has 25 heavy (non-hydrogen) atoms. The first-order chi connectivity index (χ1) is 11.5. The van der Waals surface area contributed by atoms with Gasteiger partial charge in [0, 0.05) is 19.8 Å². The van der Waals surface area contributed by atoms with Crippen molar-refractivity contribution in [3.8, 4) is 0 Å². The van der Waals surface area contributed by atoms with E-state index in [1.807, 2.05) is 43.0 Å². The minimum absolute atomic E-state index is 0. The average Bonchev–Trinajstić information content (AvgIpc) is 2.99. The summed E-state index contributed by atoms with van der Waals surface area (Å²) < 4.78 is 7.83. The third-order valence-corrected chi connectivity index (χ3v) is 3.05. The molecule has 1 atom stereocenters. The Bertz CT molecular complexity index is 631. The number of carboxylic acid groups (broad SMARTS) is 2. The van der Waals surface area contributed by atoms with Gasteiger partial charge in [0.1, 0.15) is 6.10 Å². The molecule has 8 nitrogen and oxygen atoms in total. The molecule has 1 aromatic heterocycles. The van der Waals surface area contributed by atoms with E-state index in [-0.39, 0.29) is 13.5 Å². The lowest BCUT2D eigenvalue weighted by molar-refractivity contribution is -0.159. The fourth-order valence-electron chi connectivity index (χ4n) is 1.90. The van der Waals surface area contributed by atoms with Crippen molar-refractivity contribution in [1.82, 2.24) is 15.1 Å². The van der Waals surface area contributed by atoms with Gasteiger partial charge < -0.3 is 20.3 Å². The zero-order valence-corrected chi connectivity index (χ0v) is 13.5. The van der Waals surface area contributed by atoms with E-state index in [9.17, 15) is 0 Å². The predicted octanol–water partition coefficient (Wildman–Crippen LogP) is 1.54. The topological polar surface area (TPSA) is 114 Å². The number of nitrogens with zero attached hydrogens (tertiary/aromatic N) is 2. The quantitative estimate of drug-likeness (QED) is 0.534. The highest BCUT2D eigenvalue weighted by Gasteiger charge is 2.17. The van der Waals surface area contributed by atoms with Crippen LogP contribution in [-0.4, -0.2) is 52.1 Å². The molecular formula is C17H25N3O5. The molecule has 0 bridgehead atoms. The number of carboxylic acids is 2. The molecule has 0 unspecified atom stereocenters. The first-order valence-corrected chi connectivity index (χ1v) is 7.22. The van der Waals surface area contributed by atoms with Crippen molar-refractivity contribution in [1.29, 1.82) is 0 Å². The van der Waals surface area contributed by atoms with Gasteiger partial charge in [0.25, 0.3) is 0 Å². The van der Waals surface area contributed by atoms with E-state index < -0.39 is 11.9 Å². The van der Waals surface area contributed by atoms with E-state index in [0.717, 1.165) is 17.8 Å². The molecule has 0 aliphatic rings. The monoisotopic (exact) mass is 351 g/mol. The van der Waals surface area contributed by atoms with Gasteiger partial charge in [-0.3, -0.25) is 4.68 Å². The van der Waals surface area contributed by atoms with Gasteiger partial charge >= 0.3 is 11.9 Å². The number of likely N-dealkylation sites (N-methyl/N-ethyl adjacent to an activating group) is 1. The van der Waals surface area contributed by atoms with E-state index in [2.05, 4.69) is 22.5 Å². The normalized spacial score (nSPS) is 10.8. The van der Waals surface area contributed by atoms with Crippen molar-refractivity contribution in [3.05, 3.63) is 53.9 Å². The van der Waals surface area contributed by atoms with E-state index in [1.165, 1.54) is 0 Å². The van der Waals surface area contributed by atoms with Crippen LogP contribution >= 0.6 is 0 Å². The minimum Gasteiger partial charge on any atom is -0.473 e. The lowest BCUT2D eigenvalue weighted by atomic mass is 10.1. The Labute approximate surface area is 147 Å². The molecule has 138 valence electrons. The molecular weight excluding hydrogens is 326 g/mol. The number of benzene rings is 1. The van der Waals surface area contributed by atoms with Gasteiger partial charge in [-0.25, -0.2) is 9.59 Å². The van der Waals surface area contributed by atoms with Crippen LogP contribution in [0.1, 0.15) is 24.8 Å². The highest BCUT2D eigenvalue weighted by Crippen LogP contribution is 2.24. The molecule has 0 spiro atoms. The third-order valence-electron chi connectivity index (χ3n) is 3.05. The van der Waals surface area contributed by atoms with Gasteiger partial charge in [-0.05, 0) is 18.7 Å². The number of aromatic nitrogens is 2. The van der Waals surface area contributed by atoms with Crippen LogP contribution in [0.4, 0.5) is 0 Å². The van der Waals surface area contributed by atoms with Crippen LogP contribution in [0.15, 0.2) is 42.6 Å². The summed E-state index contributed by atoms with van der Waals surface area (Å²) >= 11 is 0. The molecule has 1 aromatic carbocycles. The predicted molar refractivity (Wildman–Crippen MR) is 93.4 cm³/mol. The molecule has 3 N–H and O–H groups in total. The van der Waals surface area contributed by atoms with Gasteiger partial charge in [0.05, 0.1) is 12.3 Å².